The van der Waals surface area contributed by atoms with Crippen LogP contribution in [0.5, 0.6) is 0 Å². The predicted molar refractivity (Wildman–Crippen MR) is 25.9 cm³/mol. The van der Waals surface area contributed by atoms with Gasteiger partial charge in [-0.15, -0.1) is 5.11 Å². The lowest BCUT2D eigenvalue weighted by Crippen LogP contribution is -2.16. The number of nitrogens with one attached hydrogen (secondary N) is 3. The standard InChI is InChI=1S/C2H5N5O/c3-1(4)8-2(5)7-6/h5-6H,(H3,3,4). The third-order valence-corrected chi connectivity index (χ3v) is 0.308. The molecule has 0 aromatic heterocycles. The van der Waals surface area contributed by atoms with Gasteiger partial charge in [0.15, 0.2) is 0 Å². The van der Waals surface area contributed by atoms with E-state index >= 15 is 0 Å². The van der Waals surface area contributed by atoms with Crippen molar-refractivity contribution >= 4 is 12.0 Å². The van der Waals surface area contributed by atoms with Crippen molar-refractivity contribution in [2.45, 2.75) is 0 Å². The number of nitrogens with two attached hydrogens (primary N) is 1. The molecule has 44 valence electrons. The largest absolute Gasteiger partial charge is 0.390 e. The molecule has 0 fully saturated rings. The van der Waals surface area contributed by atoms with Gasteiger partial charge in [-0.2, -0.15) is 5.53 Å². The van der Waals surface area contributed by atoms with Gasteiger partial charge in [0.05, 0.1) is 0 Å². The second kappa shape index (κ2) is 2.67. The molecule has 0 spiro atoms. The molecule has 0 saturated heterocycles. The Balaban J connectivity index is 3.55. The van der Waals surface area contributed by atoms with E-state index in [1.165, 1.54) is 0 Å². The SMILES string of the molecule is N=NC(=N)OC(=N)N. The summed E-state index contributed by atoms with van der Waals surface area (Å²) in [5.74, 6) is 0. The molecule has 0 bridgehead atoms. The number of hydrogen-bond donors (Lipinski definition) is 4. The van der Waals surface area contributed by atoms with Crippen LogP contribution in [0.4, 0.5) is 0 Å². The molecule has 6 nitrogen and oxygen atoms in total. The number of hydrogen-bond acceptors (Lipinski definition) is 4. The molecule has 0 heterocycles. The Morgan fingerprint density at radius 1 is 1.50 bits per heavy atom. The van der Waals surface area contributed by atoms with E-state index in [0.29, 0.717) is 0 Å². The van der Waals surface area contributed by atoms with E-state index in [9.17, 15) is 0 Å². The van der Waals surface area contributed by atoms with Crippen molar-refractivity contribution in [3.05, 3.63) is 0 Å². The molecule has 0 aliphatic rings. The van der Waals surface area contributed by atoms with Crippen molar-refractivity contribution in [2.24, 2.45) is 10.8 Å². The number of rotatable bonds is 0. The van der Waals surface area contributed by atoms with Crippen LogP contribution in [-0.2, 0) is 4.74 Å². The highest BCUT2D eigenvalue weighted by molar-refractivity contribution is 5.84. The van der Waals surface area contributed by atoms with E-state index in [1.807, 2.05) is 0 Å². The fourth-order valence-corrected chi connectivity index (χ4v) is 0.127. The fraction of sp³-hybridized carbons (Fsp3) is 0. The van der Waals surface area contributed by atoms with Crippen molar-refractivity contribution in [2.75, 3.05) is 0 Å². The van der Waals surface area contributed by atoms with Crippen LogP contribution < -0.4 is 5.73 Å². The maximum absolute atomic E-state index is 6.47. The topological polar surface area (TPSA) is 119 Å². The van der Waals surface area contributed by atoms with Crippen LogP contribution in [0.1, 0.15) is 0 Å². The predicted octanol–water partition coefficient (Wildman–Crippen LogP) is -0.138. The van der Waals surface area contributed by atoms with Crippen LogP contribution >= 0.6 is 0 Å². The van der Waals surface area contributed by atoms with Crippen molar-refractivity contribution in [3.63, 3.8) is 0 Å². The molecule has 0 aromatic carbocycles. The summed E-state index contributed by atoms with van der Waals surface area (Å²) in [4.78, 5) is 0. The monoisotopic (exact) mass is 115 g/mol. The Morgan fingerprint density at radius 2 is 2.00 bits per heavy atom. The van der Waals surface area contributed by atoms with Crippen LogP contribution in [0.15, 0.2) is 5.11 Å². The molecular weight excluding hydrogens is 110 g/mol. The van der Waals surface area contributed by atoms with E-state index in [0.717, 1.165) is 0 Å². The van der Waals surface area contributed by atoms with Crippen LogP contribution in [0.3, 0.4) is 0 Å². The molecule has 0 aromatic rings. The summed E-state index contributed by atoms with van der Waals surface area (Å²) >= 11 is 0. The summed E-state index contributed by atoms with van der Waals surface area (Å²) in [6.45, 7) is 0. The highest BCUT2D eigenvalue weighted by Gasteiger charge is 1.92. The van der Waals surface area contributed by atoms with Gasteiger partial charge in [0.1, 0.15) is 0 Å². The zero-order valence-corrected chi connectivity index (χ0v) is 3.93. The van der Waals surface area contributed by atoms with E-state index < -0.39 is 12.0 Å². The van der Waals surface area contributed by atoms with Crippen LogP contribution in [0, 0.1) is 16.3 Å². The third kappa shape index (κ3) is 2.76. The van der Waals surface area contributed by atoms with E-state index in [2.05, 4.69) is 15.6 Å². The highest BCUT2D eigenvalue weighted by Crippen LogP contribution is 1.75. The minimum absolute atomic E-state index is 0.633. The second-order valence-corrected chi connectivity index (χ2v) is 0.883. The molecule has 0 unspecified atom stereocenters. The Hall–Kier alpha value is -1.46. The normalized spacial score (nSPS) is 7.50. The van der Waals surface area contributed by atoms with E-state index in [1.54, 1.807) is 0 Å². The third-order valence-electron chi connectivity index (χ3n) is 0.308. The fourth-order valence-electron chi connectivity index (χ4n) is 0.127. The zero-order valence-electron chi connectivity index (χ0n) is 3.93. The van der Waals surface area contributed by atoms with Crippen LogP contribution in [-0.4, -0.2) is 12.0 Å². The van der Waals surface area contributed by atoms with Gasteiger partial charge in [-0.1, -0.05) is 0 Å². The second-order valence-electron chi connectivity index (χ2n) is 0.883. The molecule has 6 heteroatoms. The Bertz CT molecular complexity index is 128. The van der Waals surface area contributed by atoms with Crippen molar-refractivity contribution in [1.82, 2.24) is 0 Å². The summed E-state index contributed by atoms with van der Waals surface area (Å²) in [7, 11) is 0. The van der Waals surface area contributed by atoms with E-state index in [-0.39, 0.29) is 0 Å². The highest BCUT2D eigenvalue weighted by atomic mass is 16.5. The maximum atomic E-state index is 6.47. The van der Waals surface area contributed by atoms with Gasteiger partial charge in [-0.3, -0.25) is 5.41 Å². The average Bonchev–Trinajstić information content (AvgIpc) is 1.65. The molecule has 0 aliphatic carbocycles. The Morgan fingerprint density at radius 3 is 2.12 bits per heavy atom. The molecule has 0 rings (SSSR count). The summed E-state index contributed by atoms with van der Waals surface area (Å²) < 4.78 is 3.99. The maximum Gasteiger partial charge on any atom is 0.335 e. The van der Waals surface area contributed by atoms with Gasteiger partial charge in [-0.05, 0) is 0 Å². The molecule has 0 atom stereocenters. The summed E-state index contributed by atoms with van der Waals surface area (Å²) in [6.07, 6.45) is 0. The Kier molecular flexibility index (Phi) is 2.18. The van der Waals surface area contributed by atoms with E-state index in [4.69, 9.17) is 16.3 Å². The molecule has 0 amide bonds. The van der Waals surface area contributed by atoms with Crippen LogP contribution in [0.2, 0.25) is 0 Å². The Labute approximate surface area is 45.2 Å². The van der Waals surface area contributed by atoms with Crippen LogP contribution in [0.25, 0.3) is 0 Å². The smallest absolute Gasteiger partial charge is 0.335 e. The van der Waals surface area contributed by atoms with Gasteiger partial charge in [0.2, 0.25) is 0 Å². The lowest BCUT2D eigenvalue weighted by atomic mass is 11.1. The average molecular weight is 115 g/mol. The summed E-state index contributed by atoms with van der Waals surface area (Å²) in [6, 6.07) is -1.32. The molecule has 8 heavy (non-hydrogen) atoms. The quantitative estimate of drug-likeness (QED) is 0.199. The van der Waals surface area contributed by atoms with Gasteiger partial charge in [0.25, 0.3) is 6.02 Å². The first-order valence-electron chi connectivity index (χ1n) is 1.64. The lowest BCUT2D eigenvalue weighted by molar-refractivity contribution is 0.511. The van der Waals surface area contributed by atoms with Crippen molar-refractivity contribution in [3.8, 4) is 0 Å². The molecule has 0 saturated carbocycles. The van der Waals surface area contributed by atoms with Gasteiger partial charge in [-0.25, -0.2) is 5.41 Å². The first kappa shape index (κ1) is 6.54. The van der Waals surface area contributed by atoms with Gasteiger partial charge in [0, 0.05) is 0 Å². The van der Waals surface area contributed by atoms with Gasteiger partial charge < -0.3 is 10.5 Å². The lowest BCUT2D eigenvalue weighted by Gasteiger charge is -1.93. The molecular formula is C2H5N5O. The number of nitrogens with zero attached hydrogens (tertiary/aromatic N) is 1. The summed E-state index contributed by atoms with van der Waals surface area (Å²) in [5, 5.41) is 15.4. The molecule has 5 N–H and O–H groups in total. The zero-order chi connectivity index (χ0) is 6.57. The minimum atomic E-state index is -0.683. The van der Waals surface area contributed by atoms with Crippen molar-refractivity contribution in [1.29, 1.82) is 16.3 Å². The van der Waals surface area contributed by atoms with Gasteiger partial charge >= 0.3 is 6.02 Å². The summed E-state index contributed by atoms with van der Waals surface area (Å²) in [5.41, 5.74) is 10.8. The first-order chi connectivity index (χ1) is 3.66. The first-order valence-corrected chi connectivity index (χ1v) is 1.64. The number of ether oxygens (including phenoxy) is 1. The molecule has 0 radical (unpaired) electrons. The minimum Gasteiger partial charge on any atom is -0.390 e. The molecule has 0 aliphatic heterocycles. The van der Waals surface area contributed by atoms with Crippen molar-refractivity contribution < 1.29 is 4.74 Å². The number of amidine groups is 2.